The van der Waals surface area contributed by atoms with Gasteiger partial charge in [0.05, 0.1) is 12.0 Å². The molecule has 0 bridgehead atoms. The topological polar surface area (TPSA) is 62.7 Å². The Balaban J connectivity index is 2.02. The lowest BCUT2D eigenvalue weighted by molar-refractivity contribution is 0.365. The van der Waals surface area contributed by atoms with Crippen molar-refractivity contribution in [3.05, 3.63) is 47.6 Å². The van der Waals surface area contributed by atoms with E-state index in [1.165, 1.54) is 0 Å². The van der Waals surface area contributed by atoms with E-state index in [4.69, 9.17) is 9.78 Å². The standard InChI is InChI=1S/C13H13N3O/c1-10(9-14)7-13-15-12(16-17-13)8-11-5-3-2-4-6-11/h2-6,10H,7-8H2,1H3. The van der Waals surface area contributed by atoms with Gasteiger partial charge >= 0.3 is 0 Å². The second kappa shape index (κ2) is 5.26. The fraction of sp³-hybridized carbons (Fsp3) is 0.308. The molecule has 4 heteroatoms. The van der Waals surface area contributed by atoms with E-state index in [1.807, 2.05) is 37.3 Å². The highest BCUT2D eigenvalue weighted by Gasteiger charge is 2.10. The van der Waals surface area contributed by atoms with Crippen LogP contribution >= 0.6 is 0 Å². The van der Waals surface area contributed by atoms with Crippen molar-refractivity contribution in [1.82, 2.24) is 10.1 Å². The van der Waals surface area contributed by atoms with Crippen molar-refractivity contribution < 1.29 is 4.52 Å². The number of hydrogen-bond acceptors (Lipinski definition) is 4. The van der Waals surface area contributed by atoms with E-state index >= 15 is 0 Å². The Morgan fingerprint density at radius 3 is 2.82 bits per heavy atom. The first-order valence-electron chi connectivity index (χ1n) is 5.53. The fourth-order valence-corrected chi connectivity index (χ4v) is 1.53. The zero-order chi connectivity index (χ0) is 12.1. The van der Waals surface area contributed by atoms with E-state index in [9.17, 15) is 0 Å². The molecule has 1 atom stereocenters. The minimum Gasteiger partial charge on any atom is -0.339 e. The summed E-state index contributed by atoms with van der Waals surface area (Å²) in [6.45, 7) is 1.83. The summed E-state index contributed by atoms with van der Waals surface area (Å²) in [5.41, 5.74) is 1.15. The lowest BCUT2D eigenvalue weighted by Crippen LogP contribution is -1.97. The monoisotopic (exact) mass is 227 g/mol. The maximum atomic E-state index is 8.70. The number of benzene rings is 1. The van der Waals surface area contributed by atoms with Gasteiger partial charge in [0, 0.05) is 12.8 Å². The van der Waals surface area contributed by atoms with Gasteiger partial charge in [0.1, 0.15) is 0 Å². The summed E-state index contributed by atoms with van der Waals surface area (Å²) in [6.07, 6.45) is 1.17. The predicted octanol–water partition coefficient (Wildman–Crippen LogP) is 2.36. The molecule has 1 aromatic carbocycles. The van der Waals surface area contributed by atoms with E-state index < -0.39 is 0 Å². The molecule has 4 nitrogen and oxygen atoms in total. The molecule has 1 aromatic heterocycles. The third-order valence-corrected chi connectivity index (χ3v) is 2.42. The van der Waals surface area contributed by atoms with Crippen molar-refractivity contribution in [3.8, 4) is 6.07 Å². The summed E-state index contributed by atoms with van der Waals surface area (Å²) in [5, 5.41) is 12.6. The van der Waals surface area contributed by atoms with E-state index in [0.717, 1.165) is 5.56 Å². The van der Waals surface area contributed by atoms with E-state index in [0.29, 0.717) is 24.6 Å². The molecule has 0 aliphatic heterocycles. The number of rotatable bonds is 4. The molecular weight excluding hydrogens is 214 g/mol. The summed E-state index contributed by atoms with van der Waals surface area (Å²) < 4.78 is 5.10. The SMILES string of the molecule is CC(C#N)Cc1nc(Cc2ccccc2)no1. The number of nitrogens with zero attached hydrogens (tertiary/aromatic N) is 3. The second-order valence-electron chi connectivity index (χ2n) is 4.00. The first-order valence-corrected chi connectivity index (χ1v) is 5.53. The maximum absolute atomic E-state index is 8.70. The molecule has 0 saturated heterocycles. The third kappa shape index (κ3) is 3.15. The normalized spacial score (nSPS) is 12.0. The molecule has 1 unspecified atom stereocenters. The Morgan fingerprint density at radius 2 is 2.12 bits per heavy atom. The Labute approximate surface area is 99.9 Å². The Morgan fingerprint density at radius 1 is 1.35 bits per heavy atom. The van der Waals surface area contributed by atoms with E-state index in [-0.39, 0.29) is 5.92 Å². The van der Waals surface area contributed by atoms with Gasteiger partial charge in [-0.05, 0) is 12.5 Å². The molecule has 2 aromatic rings. The third-order valence-electron chi connectivity index (χ3n) is 2.42. The average Bonchev–Trinajstić information content (AvgIpc) is 2.77. The molecule has 0 spiro atoms. The van der Waals surface area contributed by atoms with Crippen molar-refractivity contribution in [2.75, 3.05) is 0 Å². The van der Waals surface area contributed by atoms with Crippen LogP contribution in [0, 0.1) is 17.2 Å². The van der Waals surface area contributed by atoms with Crippen molar-refractivity contribution >= 4 is 0 Å². The molecule has 0 aliphatic rings. The highest BCUT2D eigenvalue weighted by molar-refractivity contribution is 5.18. The summed E-state index contributed by atoms with van der Waals surface area (Å²) in [5.74, 6) is 1.10. The van der Waals surface area contributed by atoms with Gasteiger partial charge < -0.3 is 4.52 Å². The van der Waals surface area contributed by atoms with Gasteiger partial charge in [-0.2, -0.15) is 10.2 Å². The summed E-state index contributed by atoms with van der Waals surface area (Å²) in [6, 6.07) is 12.1. The van der Waals surface area contributed by atoms with Crippen LogP contribution in [0.15, 0.2) is 34.9 Å². The largest absolute Gasteiger partial charge is 0.339 e. The van der Waals surface area contributed by atoms with Gasteiger partial charge in [0.2, 0.25) is 5.89 Å². The van der Waals surface area contributed by atoms with E-state index in [2.05, 4.69) is 16.2 Å². The number of aromatic nitrogens is 2. The molecule has 0 radical (unpaired) electrons. The van der Waals surface area contributed by atoms with Crippen LogP contribution in [0.1, 0.15) is 24.2 Å². The van der Waals surface area contributed by atoms with Gasteiger partial charge in [0.15, 0.2) is 5.82 Å². The highest BCUT2D eigenvalue weighted by atomic mass is 16.5. The van der Waals surface area contributed by atoms with Crippen LogP contribution in [0.3, 0.4) is 0 Å². The van der Waals surface area contributed by atoms with Crippen LogP contribution in [0.4, 0.5) is 0 Å². The smallest absolute Gasteiger partial charge is 0.227 e. The van der Waals surface area contributed by atoms with Crippen LogP contribution in [0.25, 0.3) is 0 Å². The van der Waals surface area contributed by atoms with Crippen LogP contribution < -0.4 is 0 Å². The minimum atomic E-state index is -0.0972. The average molecular weight is 227 g/mol. The molecule has 0 amide bonds. The Kier molecular flexibility index (Phi) is 3.51. The number of nitriles is 1. The summed E-state index contributed by atoms with van der Waals surface area (Å²) in [7, 11) is 0. The lowest BCUT2D eigenvalue weighted by Gasteiger charge is -1.95. The number of hydrogen-bond donors (Lipinski definition) is 0. The molecule has 1 heterocycles. The van der Waals surface area contributed by atoms with Gasteiger partial charge in [-0.3, -0.25) is 0 Å². The minimum absolute atomic E-state index is 0.0972. The Hall–Kier alpha value is -2.15. The predicted molar refractivity (Wildman–Crippen MR) is 62.0 cm³/mol. The zero-order valence-corrected chi connectivity index (χ0v) is 9.63. The fourth-order valence-electron chi connectivity index (χ4n) is 1.53. The van der Waals surface area contributed by atoms with Crippen molar-refractivity contribution in [3.63, 3.8) is 0 Å². The molecule has 86 valence electrons. The Bertz CT molecular complexity index is 513. The van der Waals surface area contributed by atoms with Crippen LogP contribution in [0.2, 0.25) is 0 Å². The van der Waals surface area contributed by atoms with Gasteiger partial charge in [-0.1, -0.05) is 35.5 Å². The van der Waals surface area contributed by atoms with Gasteiger partial charge in [-0.15, -0.1) is 0 Å². The molecule has 17 heavy (non-hydrogen) atoms. The summed E-state index contributed by atoms with van der Waals surface area (Å²) >= 11 is 0. The molecule has 2 rings (SSSR count). The van der Waals surface area contributed by atoms with Crippen LogP contribution in [0.5, 0.6) is 0 Å². The first-order chi connectivity index (χ1) is 8.28. The summed E-state index contributed by atoms with van der Waals surface area (Å²) in [4.78, 5) is 4.26. The van der Waals surface area contributed by atoms with Gasteiger partial charge in [0.25, 0.3) is 0 Å². The molecule has 0 N–H and O–H groups in total. The zero-order valence-electron chi connectivity index (χ0n) is 9.63. The lowest BCUT2D eigenvalue weighted by atomic mass is 10.1. The van der Waals surface area contributed by atoms with Crippen LogP contribution in [-0.4, -0.2) is 10.1 Å². The van der Waals surface area contributed by atoms with Gasteiger partial charge in [-0.25, -0.2) is 0 Å². The van der Waals surface area contributed by atoms with Crippen molar-refractivity contribution in [2.45, 2.75) is 19.8 Å². The first kappa shape index (κ1) is 11.3. The van der Waals surface area contributed by atoms with E-state index in [1.54, 1.807) is 0 Å². The highest BCUT2D eigenvalue weighted by Crippen LogP contribution is 2.09. The quantitative estimate of drug-likeness (QED) is 0.804. The second-order valence-corrected chi connectivity index (χ2v) is 4.00. The molecule has 0 aliphatic carbocycles. The van der Waals surface area contributed by atoms with Crippen LogP contribution in [-0.2, 0) is 12.8 Å². The molecule has 0 saturated carbocycles. The molecule has 0 fully saturated rings. The maximum Gasteiger partial charge on any atom is 0.227 e. The molecular formula is C13H13N3O. The van der Waals surface area contributed by atoms with Crippen molar-refractivity contribution in [1.29, 1.82) is 5.26 Å². The van der Waals surface area contributed by atoms with Crippen molar-refractivity contribution in [2.24, 2.45) is 5.92 Å².